The van der Waals surface area contributed by atoms with Gasteiger partial charge in [-0.25, -0.2) is 4.39 Å². The van der Waals surface area contributed by atoms with Gasteiger partial charge in [-0.2, -0.15) is 5.26 Å². The van der Waals surface area contributed by atoms with Crippen molar-refractivity contribution in [1.29, 1.82) is 5.26 Å². The zero-order chi connectivity index (χ0) is 13.0. The Morgan fingerprint density at radius 2 is 1.94 bits per heavy atom. The van der Waals surface area contributed by atoms with Crippen LogP contribution in [0.1, 0.15) is 37.7 Å². The van der Waals surface area contributed by atoms with E-state index in [2.05, 4.69) is 17.9 Å². The van der Waals surface area contributed by atoms with Crippen molar-refractivity contribution >= 4 is 0 Å². The summed E-state index contributed by atoms with van der Waals surface area (Å²) in [6, 6.07) is 9.46. The summed E-state index contributed by atoms with van der Waals surface area (Å²) in [6.07, 6.45) is 2.80. The van der Waals surface area contributed by atoms with Crippen molar-refractivity contribution < 1.29 is 4.39 Å². The normalized spacial score (nSPS) is 19.4. The molecule has 0 N–H and O–H groups in total. The van der Waals surface area contributed by atoms with Crippen molar-refractivity contribution in [2.45, 2.75) is 38.1 Å². The van der Waals surface area contributed by atoms with Crippen LogP contribution in [0.15, 0.2) is 24.3 Å². The minimum Gasteiger partial charge on any atom is -0.300 e. The lowest BCUT2D eigenvalue weighted by Crippen LogP contribution is -2.39. The number of nitrogens with zero attached hydrogens (tertiary/aromatic N) is 2. The minimum absolute atomic E-state index is 0.168. The summed E-state index contributed by atoms with van der Waals surface area (Å²) in [7, 11) is 0. The molecule has 3 heteroatoms. The Labute approximate surface area is 108 Å². The van der Waals surface area contributed by atoms with Gasteiger partial charge in [0.2, 0.25) is 0 Å². The molecule has 1 saturated heterocycles. The van der Waals surface area contributed by atoms with Crippen LogP contribution >= 0.6 is 0 Å². The standard InChI is InChI=1S/C15H19FN2/c1-12(6-9-17)18-10-7-14(8-11-18)13-2-4-15(16)5-3-13/h2-5,12,14H,6-8,10-11H2,1H3. The summed E-state index contributed by atoms with van der Waals surface area (Å²) in [4.78, 5) is 2.38. The van der Waals surface area contributed by atoms with Crippen LogP contribution in [0.5, 0.6) is 0 Å². The van der Waals surface area contributed by atoms with Crippen LogP contribution < -0.4 is 0 Å². The van der Waals surface area contributed by atoms with E-state index in [1.165, 1.54) is 5.56 Å². The number of rotatable bonds is 3. The maximum absolute atomic E-state index is 12.9. The highest BCUT2D eigenvalue weighted by Gasteiger charge is 2.23. The highest BCUT2D eigenvalue weighted by Crippen LogP contribution is 2.29. The van der Waals surface area contributed by atoms with Gasteiger partial charge in [0.1, 0.15) is 5.82 Å². The summed E-state index contributed by atoms with van der Waals surface area (Å²) < 4.78 is 12.9. The fraction of sp³-hybridized carbons (Fsp3) is 0.533. The molecule has 1 aromatic rings. The van der Waals surface area contributed by atoms with Crippen molar-refractivity contribution in [3.05, 3.63) is 35.6 Å². The number of halogens is 1. The minimum atomic E-state index is -0.168. The first-order chi connectivity index (χ1) is 8.70. The van der Waals surface area contributed by atoms with Gasteiger partial charge in [-0.3, -0.25) is 4.90 Å². The van der Waals surface area contributed by atoms with E-state index in [4.69, 9.17) is 5.26 Å². The molecule has 0 aliphatic carbocycles. The molecular weight excluding hydrogens is 227 g/mol. The molecule has 0 spiro atoms. The molecule has 1 heterocycles. The third-order valence-corrected chi connectivity index (χ3v) is 3.88. The van der Waals surface area contributed by atoms with E-state index in [-0.39, 0.29) is 5.82 Å². The van der Waals surface area contributed by atoms with Gasteiger partial charge in [-0.05, 0) is 56.5 Å². The molecule has 0 amide bonds. The topological polar surface area (TPSA) is 27.0 Å². The lowest BCUT2D eigenvalue weighted by molar-refractivity contribution is 0.163. The number of piperidine rings is 1. The van der Waals surface area contributed by atoms with Gasteiger partial charge in [0.05, 0.1) is 12.5 Å². The summed E-state index contributed by atoms with van der Waals surface area (Å²) >= 11 is 0. The Morgan fingerprint density at radius 1 is 1.33 bits per heavy atom. The lowest BCUT2D eigenvalue weighted by atomic mass is 9.89. The Hall–Kier alpha value is -1.40. The van der Waals surface area contributed by atoms with Gasteiger partial charge in [-0.1, -0.05) is 12.1 Å². The van der Waals surface area contributed by atoms with E-state index in [0.717, 1.165) is 25.9 Å². The molecule has 1 aliphatic heterocycles. The zero-order valence-corrected chi connectivity index (χ0v) is 10.8. The molecule has 1 fully saturated rings. The van der Waals surface area contributed by atoms with Crippen LogP contribution in [0.2, 0.25) is 0 Å². The average Bonchev–Trinajstić information content (AvgIpc) is 2.40. The molecule has 1 aliphatic rings. The molecular formula is C15H19FN2. The van der Waals surface area contributed by atoms with E-state index in [1.807, 2.05) is 12.1 Å². The molecule has 0 aromatic heterocycles. The molecule has 2 nitrogen and oxygen atoms in total. The number of benzene rings is 1. The maximum Gasteiger partial charge on any atom is 0.123 e. The van der Waals surface area contributed by atoms with Crippen LogP contribution in [-0.2, 0) is 0 Å². The predicted molar refractivity (Wildman–Crippen MR) is 69.6 cm³/mol. The second kappa shape index (κ2) is 5.97. The first-order valence-electron chi connectivity index (χ1n) is 6.57. The number of likely N-dealkylation sites (tertiary alicyclic amines) is 1. The van der Waals surface area contributed by atoms with Crippen molar-refractivity contribution in [3.8, 4) is 6.07 Å². The van der Waals surface area contributed by atoms with Gasteiger partial charge >= 0.3 is 0 Å². The fourth-order valence-electron chi connectivity index (χ4n) is 2.67. The first-order valence-corrected chi connectivity index (χ1v) is 6.57. The molecule has 2 rings (SSSR count). The van der Waals surface area contributed by atoms with Gasteiger partial charge in [0.15, 0.2) is 0 Å². The summed E-state index contributed by atoms with van der Waals surface area (Å²) in [5.41, 5.74) is 1.24. The van der Waals surface area contributed by atoms with Gasteiger partial charge in [0.25, 0.3) is 0 Å². The lowest BCUT2D eigenvalue weighted by Gasteiger charge is -2.35. The third kappa shape index (κ3) is 3.08. The monoisotopic (exact) mass is 246 g/mol. The summed E-state index contributed by atoms with van der Waals surface area (Å²) in [5.74, 6) is 0.370. The quantitative estimate of drug-likeness (QED) is 0.818. The summed E-state index contributed by atoms with van der Waals surface area (Å²) in [5, 5.41) is 8.71. The van der Waals surface area contributed by atoms with Crippen LogP contribution in [0.4, 0.5) is 4.39 Å². The Kier molecular flexibility index (Phi) is 4.33. The van der Waals surface area contributed by atoms with E-state index in [9.17, 15) is 4.39 Å². The van der Waals surface area contributed by atoms with E-state index in [1.54, 1.807) is 12.1 Å². The molecule has 1 aromatic carbocycles. The fourth-order valence-corrected chi connectivity index (χ4v) is 2.67. The molecule has 96 valence electrons. The predicted octanol–water partition coefficient (Wildman–Crippen LogP) is 3.31. The van der Waals surface area contributed by atoms with Gasteiger partial charge in [0, 0.05) is 6.04 Å². The first kappa shape index (κ1) is 13.0. The molecule has 0 saturated carbocycles. The smallest absolute Gasteiger partial charge is 0.123 e. The number of hydrogen-bond acceptors (Lipinski definition) is 2. The largest absolute Gasteiger partial charge is 0.300 e. The highest BCUT2D eigenvalue weighted by atomic mass is 19.1. The van der Waals surface area contributed by atoms with Crippen molar-refractivity contribution in [1.82, 2.24) is 4.90 Å². The Bertz CT molecular complexity index is 413. The van der Waals surface area contributed by atoms with Crippen LogP contribution in [-0.4, -0.2) is 24.0 Å². The average molecular weight is 246 g/mol. The second-order valence-corrected chi connectivity index (χ2v) is 5.07. The van der Waals surface area contributed by atoms with E-state index in [0.29, 0.717) is 18.4 Å². The Morgan fingerprint density at radius 3 is 2.50 bits per heavy atom. The number of hydrogen-bond donors (Lipinski definition) is 0. The van der Waals surface area contributed by atoms with Gasteiger partial charge < -0.3 is 0 Å². The molecule has 1 unspecified atom stereocenters. The summed E-state index contributed by atoms with van der Waals surface area (Å²) in [6.45, 7) is 4.18. The molecule has 18 heavy (non-hydrogen) atoms. The third-order valence-electron chi connectivity index (χ3n) is 3.88. The van der Waals surface area contributed by atoms with E-state index < -0.39 is 0 Å². The van der Waals surface area contributed by atoms with Crippen LogP contribution in [0, 0.1) is 17.1 Å². The van der Waals surface area contributed by atoms with Crippen molar-refractivity contribution in [2.75, 3.05) is 13.1 Å². The Balaban J connectivity index is 1.90. The van der Waals surface area contributed by atoms with Crippen molar-refractivity contribution in [3.63, 3.8) is 0 Å². The molecule has 1 atom stereocenters. The SMILES string of the molecule is CC(CC#N)N1CCC(c2ccc(F)cc2)CC1. The highest BCUT2D eigenvalue weighted by molar-refractivity contribution is 5.21. The zero-order valence-electron chi connectivity index (χ0n) is 10.8. The van der Waals surface area contributed by atoms with E-state index >= 15 is 0 Å². The van der Waals surface area contributed by atoms with Crippen molar-refractivity contribution in [2.24, 2.45) is 0 Å². The second-order valence-electron chi connectivity index (χ2n) is 5.07. The molecule has 0 bridgehead atoms. The number of nitriles is 1. The molecule has 0 radical (unpaired) electrons. The maximum atomic E-state index is 12.9. The van der Waals surface area contributed by atoms with Crippen LogP contribution in [0.25, 0.3) is 0 Å². The van der Waals surface area contributed by atoms with Gasteiger partial charge in [-0.15, -0.1) is 0 Å². The van der Waals surface area contributed by atoms with Crippen LogP contribution in [0.3, 0.4) is 0 Å².